The number of ketones is 1. The zero-order chi connectivity index (χ0) is 25.1. The molecule has 0 spiro atoms. The third-order valence-electron chi connectivity index (χ3n) is 6.11. The van der Waals surface area contributed by atoms with Gasteiger partial charge in [-0.05, 0) is 35.4 Å². The van der Waals surface area contributed by atoms with E-state index in [2.05, 4.69) is 0 Å². The first-order valence-electron chi connectivity index (χ1n) is 10.9. The molecule has 4 rings (SSSR count). The lowest BCUT2D eigenvalue weighted by atomic mass is 9.87. The minimum atomic E-state index is -0.564. The van der Waals surface area contributed by atoms with E-state index in [1.54, 1.807) is 18.2 Å². The van der Waals surface area contributed by atoms with Crippen LogP contribution in [-0.2, 0) is 0 Å². The normalized spacial score (nSPS) is 15.5. The van der Waals surface area contributed by atoms with E-state index in [-0.39, 0.29) is 22.8 Å². The molecule has 180 valence electrons. The number of Topliss-reactive ketones (excluding diaryl/α,β-unsaturated/α-hetero) is 1. The van der Waals surface area contributed by atoms with Crippen molar-refractivity contribution in [2.24, 2.45) is 0 Å². The van der Waals surface area contributed by atoms with Gasteiger partial charge in [-0.15, -0.1) is 0 Å². The molecule has 0 amide bonds. The highest BCUT2D eigenvalue weighted by molar-refractivity contribution is 6.19. The zero-order valence-corrected chi connectivity index (χ0v) is 20.2. The number of benzene rings is 3. The van der Waals surface area contributed by atoms with Gasteiger partial charge >= 0.3 is 0 Å². The molecule has 1 atom stereocenters. The van der Waals surface area contributed by atoms with Gasteiger partial charge < -0.3 is 23.7 Å². The van der Waals surface area contributed by atoms with Crippen LogP contribution in [0.3, 0.4) is 0 Å². The maximum atomic E-state index is 13.8. The molecular weight excluding hydrogens is 448 g/mol. The van der Waals surface area contributed by atoms with Crippen LogP contribution >= 0.6 is 0 Å². The van der Waals surface area contributed by atoms with Crippen LogP contribution in [0.5, 0.6) is 28.7 Å². The summed E-state index contributed by atoms with van der Waals surface area (Å²) < 4.78 is 27.7. The summed E-state index contributed by atoms with van der Waals surface area (Å²) in [6, 6.07) is 14.8. The van der Waals surface area contributed by atoms with Crippen molar-refractivity contribution in [2.75, 3.05) is 35.5 Å². The number of hydrogen-bond acceptors (Lipinski definition) is 7. The SMILES string of the molecule is COc1cc2c(c(OC)c1C=O)C(c1cc(OC)c(OC)c(OC)c1)/C(=C/c1ccccc1)C2=O. The van der Waals surface area contributed by atoms with E-state index in [1.165, 1.54) is 35.5 Å². The van der Waals surface area contributed by atoms with Gasteiger partial charge in [0, 0.05) is 22.6 Å². The highest BCUT2D eigenvalue weighted by atomic mass is 16.5. The first-order chi connectivity index (χ1) is 17.0. The van der Waals surface area contributed by atoms with Gasteiger partial charge in [-0.1, -0.05) is 30.3 Å². The molecule has 1 aliphatic carbocycles. The molecule has 3 aromatic carbocycles. The van der Waals surface area contributed by atoms with Crippen molar-refractivity contribution in [3.8, 4) is 28.7 Å². The number of rotatable bonds is 8. The molecule has 35 heavy (non-hydrogen) atoms. The maximum absolute atomic E-state index is 13.8. The lowest BCUT2D eigenvalue weighted by molar-refractivity contribution is 0.103. The van der Waals surface area contributed by atoms with Crippen LogP contribution in [0.4, 0.5) is 0 Å². The van der Waals surface area contributed by atoms with Crippen molar-refractivity contribution < 1.29 is 33.3 Å². The van der Waals surface area contributed by atoms with Gasteiger partial charge in [-0.25, -0.2) is 0 Å². The smallest absolute Gasteiger partial charge is 0.203 e. The fourth-order valence-corrected chi connectivity index (χ4v) is 4.57. The molecule has 7 nitrogen and oxygen atoms in total. The summed E-state index contributed by atoms with van der Waals surface area (Å²) in [5, 5.41) is 0. The summed E-state index contributed by atoms with van der Waals surface area (Å²) in [5.41, 5.74) is 3.32. The van der Waals surface area contributed by atoms with Crippen LogP contribution in [0.25, 0.3) is 6.08 Å². The monoisotopic (exact) mass is 474 g/mol. The Morgan fingerprint density at radius 3 is 1.86 bits per heavy atom. The van der Waals surface area contributed by atoms with Gasteiger partial charge in [0.15, 0.2) is 23.6 Å². The van der Waals surface area contributed by atoms with Gasteiger partial charge in [-0.3, -0.25) is 9.59 Å². The summed E-state index contributed by atoms with van der Waals surface area (Å²) in [6.07, 6.45) is 2.52. The van der Waals surface area contributed by atoms with E-state index in [0.717, 1.165) is 5.56 Å². The molecule has 7 heteroatoms. The largest absolute Gasteiger partial charge is 0.496 e. The van der Waals surface area contributed by atoms with Crippen molar-refractivity contribution >= 4 is 18.1 Å². The molecule has 1 aliphatic rings. The Kier molecular flexibility index (Phi) is 6.78. The quantitative estimate of drug-likeness (QED) is 0.337. The zero-order valence-electron chi connectivity index (χ0n) is 20.2. The van der Waals surface area contributed by atoms with Crippen molar-refractivity contribution in [1.82, 2.24) is 0 Å². The molecule has 0 bridgehead atoms. The topological polar surface area (TPSA) is 80.3 Å². The van der Waals surface area contributed by atoms with Gasteiger partial charge in [0.25, 0.3) is 0 Å². The summed E-state index contributed by atoms with van der Waals surface area (Å²) in [5.74, 6) is 1.15. The van der Waals surface area contributed by atoms with Crippen LogP contribution in [0, 0.1) is 0 Å². The molecular formula is C28H26O7. The summed E-state index contributed by atoms with van der Waals surface area (Å²) in [6.45, 7) is 0. The number of carbonyl (C=O) groups excluding carboxylic acids is 2. The van der Waals surface area contributed by atoms with E-state index < -0.39 is 5.92 Å². The molecule has 0 radical (unpaired) electrons. The Labute approximate surface area is 203 Å². The second-order valence-electron chi connectivity index (χ2n) is 7.84. The highest BCUT2D eigenvalue weighted by Gasteiger charge is 2.41. The minimum absolute atomic E-state index is 0.184. The predicted molar refractivity (Wildman–Crippen MR) is 132 cm³/mol. The number of ether oxygens (including phenoxy) is 5. The molecule has 0 heterocycles. The Hall–Kier alpha value is -4.26. The number of aldehydes is 1. The number of carbonyl (C=O) groups is 2. The molecule has 0 saturated heterocycles. The van der Waals surface area contributed by atoms with Crippen LogP contribution in [0.1, 0.15) is 43.3 Å². The molecule has 1 unspecified atom stereocenters. The van der Waals surface area contributed by atoms with E-state index in [0.29, 0.717) is 45.8 Å². The number of hydrogen-bond donors (Lipinski definition) is 0. The average molecular weight is 475 g/mol. The predicted octanol–water partition coefficient (Wildman–Crippen LogP) is 4.95. The van der Waals surface area contributed by atoms with Crippen molar-refractivity contribution in [3.63, 3.8) is 0 Å². The molecule has 0 saturated carbocycles. The third kappa shape index (κ3) is 3.99. The van der Waals surface area contributed by atoms with E-state index in [9.17, 15) is 9.59 Å². The van der Waals surface area contributed by atoms with Gasteiger partial charge in [0.2, 0.25) is 5.75 Å². The molecule has 0 aromatic heterocycles. The van der Waals surface area contributed by atoms with E-state index in [1.807, 2.05) is 36.4 Å². The highest BCUT2D eigenvalue weighted by Crippen LogP contribution is 2.52. The second-order valence-corrected chi connectivity index (χ2v) is 7.84. The Balaban J connectivity index is 2.08. The first-order valence-corrected chi connectivity index (χ1v) is 10.9. The Morgan fingerprint density at radius 2 is 1.34 bits per heavy atom. The summed E-state index contributed by atoms with van der Waals surface area (Å²) >= 11 is 0. The molecule has 0 aliphatic heterocycles. The minimum Gasteiger partial charge on any atom is -0.496 e. The van der Waals surface area contributed by atoms with Crippen LogP contribution < -0.4 is 23.7 Å². The molecule has 3 aromatic rings. The van der Waals surface area contributed by atoms with Gasteiger partial charge in [0.1, 0.15) is 11.5 Å². The van der Waals surface area contributed by atoms with Gasteiger partial charge in [0.05, 0.1) is 41.1 Å². The lowest BCUT2D eigenvalue weighted by Gasteiger charge is -2.21. The fraction of sp³-hybridized carbons (Fsp3) is 0.214. The molecule has 0 fully saturated rings. The van der Waals surface area contributed by atoms with Crippen molar-refractivity contribution in [2.45, 2.75) is 5.92 Å². The summed E-state index contributed by atoms with van der Waals surface area (Å²) in [7, 11) is 7.51. The van der Waals surface area contributed by atoms with Crippen LogP contribution in [-0.4, -0.2) is 47.6 Å². The van der Waals surface area contributed by atoms with Crippen LogP contribution in [0.2, 0.25) is 0 Å². The summed E-state index contributed by atoms with van der Waals surface area (Å²) in [4.78, 5) is 25.8. The lowest BCUT2D eigenvalue weighted by Crippen LogP contribution is -2.06. The number of fused-ring (bicyclic) bond motifs is 1. The van der Waals surface area contributed by atoms with Crippen molar-refractivity contribution in [1.29, 1.82) is 0 Å². The third-order valence-corrected chi connectivity index (χ3v) is 6.11. The van der Waals surface area contributed by atoms with Crippen LogP contribution in [0.15, 0.2) is 54.1 Å². The standard InChI is InChI=1S/C28H26O7/c1-31-21-14-19-25(27(34-4)20(21)15-29)24(18(26(19)30)11-16-9-7-6-8-10-16)17-12-22(32-2)28(35-5)23(13-17)33-3/h6-15,24H,1-5H3/b18-11-. The van der Waals surface area contributed by atoms with Crippen molar-refractivity contribution in [3.05, 3.63) is 81.9 Å². The maximum Gasteiger partial charge on any atom is 0.203 e. The Bertz CT molecular complexity index is 1280. The molecule has 0 N–H and O–H groups in total. The van der Waals surface area contributed by atoms with Gasteiger partial charge in [-0.2, -0.15) is 0 Å². The Morgan fingerprint density at radius 1 is 0.743 bits per heavy atom. The second kappa shape index (κ2) is 9.93. The van der Waals surface area contributed by atoms with E-state index in [4.69, 9.17) is 23.7 Å². The number of allylic oxidation sites excluding steroid dienone is 1. The first kappa shape index (κ1) is 23.9. The average Bonchev–Trinajstić information content (AvgIpc) is 3.17. The fourth-order valence-electron chi connectivity index (χ4n) is 4.57. The number of methoxy groups -OCH3 is 5. The van der Waals surface area contributed by atoms with E-state index >= 15 is 0 Å².